The molecule has 2 aromatic rings. The minimum absolute atomic E-state index is 0.158. The third-order valence-corrected chi connectivity index (χ3v) is 1.88. The van der Waals surface area contributed by atoms with Gasteiger partial charge >= 0.3 is 0 Å². The van der Waals surface area contributed by atoms with Crippen molar-refractivity contribution >= 4 is 11.8 Å². The van der Waals surface area contributed by atoms with E-state index in [1.54, 1.807) is 37.2 Å². The van der Waals surface area contributed by atoms with Gasteiger partial charge in [-0.15, -0.1) is 0 Å². The second-order valence-corrected chi connectivity index (χ2v) is 3.15. The molecule has 7 nitrogen and oxygen atoms in total. The quantitative estimate of drug-likeness (QED) is 0.788. The zero-order chi connectivity index (χ0) is 11.5. The minimum Gasteiger partial charge on any atom is -0.435 e. The van der Waals surface area contributed by atoms with Crippen LogP contribution in [0.3, 0.4) is 0 Å². The van der Waals surface area contributed by atoms with E-state index in [1.807, 2.05) is 0 Å². The van der Waals surface area contributed by atoms with Gasteiger partial charge in [-0.1, -0.05) is 0 Å². The first-order chi connectivity index (χ1) is 7.67. The number of rotatable bonds is 3. The van der Waals surface area contributed by atoms with Gasteiger partial charge in [-0.3, -0.25) is 4.68 Å². The smallest absolute Gasteiger partial charge is 0.226 e. The molecule has 3 N–H and O–H groups in total. The van der Waals surface area contributed by atoms with Crippen molar-refractivity contribution in [1.82, 2.24) is 19.7 Å². The number of anilines is 2. The average molecular weight is 220 g/mol. The Bertz CT molecular complexity index is 494. The van der Waals surface area contributed by atoms with Gasteiger partial charge in [0.1, 0.15) is 5.82 Å². The zero-order valence-corrected chi connectivity index (χ0v) is 9.01. The fourth-order valence-electron chi connectivity index (χ4n) is 1.20. The minimum atomic E-state index is 0.158. The van der Waals surface area contributed by atoms with Gasteiger partial charge in [0, 0.05) is 20.2 Å². The van der Waals surface area contributed by atoms with Crippen LogP contribution in [0.4, 0.5) is 11.8 Å². The molecule has 2 rings (SSSR count). The fourth-order valence-corrected chi connectivity index (χ4v) is 1.20. The van der Waals surface area contributed by atoms with Gasteiger partial charge in [0.15, 0.2) is 5.75 Å². The molecule has 0 fully saturated rings. The average Bonchev–Trinajstić information content (AvgIpc) is 2.63. The van der Waals surface area contributed by atoms with Crippen LogP contribution >= 0.6 is 0 Å². The molecule has 0 aliphatic heterocycles. The molecule has 84 valence electrons. The van der Waals surface area contributed by atoms with Gasteiger partial charge in [0.25, 0.3) is 0 Å². The lowest BCUT2D eigenvalue weighted by Crippen LogP contribution is -2.01. The van der Waals surface area contributed by atoms with Crippen LogP contribution in [0.25, 0.3) is 0 Å². The highest BCUT2D eigenvalue weighted by Crippen LogP contribution is 2.21. The molecule has 0 atom stereocenters. The number of nitrogens with zero attached hydrogens (tertiary/aromatic N) is 4. The second-order valence-electron chi connectivity index (χ2n) is 3.15. The maximum atomic E-state index is 5.53. The van der Waals surface area contributed by atoms with E-state index in [-0.39, 0.29) is 5.95 Å². The van der Waals surface area contributed by atoms with Crippen LogP contribution in [0, 0.1) is 0 Å². The van der Waals surface area contributed by atoms with Gasteiger partial charge < -0.3 is 15.8 Å². The van der Waals surface area contributed by atoms with Gasteiger partial charge in [0.05, 0.1) is 12.4 Å². The Labute approximate surface area is 92.3 Å². The standard InChI is InChI=1S/C9H12N6O/c1-11-7-3-8(14-9(10)13-7)16-6-4-12-15(2)5-6/h3-5H,1-2H3,(H3,10,11,13,14). The maximum absolute atomic E-state index is 5.53. The lowest BCUT2D eigenvalue weighted by molar-refractivity contribution is 0.462. The van der Waals surface area contributed by atoms with Crippen molar-refractivity contribution in [2.24, 2.45) is 7.05 Å². The van der Waals surface area contributed by atoms with Crippen molar-refractivity contribution in [2.75, 3.05) is 18.1 Å². The van der Waals surface area contributed by atoms with Gasteiger partial charge in [0.2, 0.25) is 11.8 Å². The molecular formula is C9H12N6O. The lowest BCUT2D eigenvalue weighted by Gasteiger charge is -2.04. The predicted octanol–water partition coefficient (Wildman–Crippen LogP) is 0.626. The molecule has 7 heteroatoms. The van der Waals surface area contributed by atoms with Crippen LogP contribution in [0.1, 0.15) is 0 Å². The number of ether oxygens (including phenoxy) is 1. The third-order valence-electron chi connectivity index (χ3n) is 1.88. The van der Waals surface area contributed by atoms with Crippen LogP contribution in [0.15, 0.2) is 18.5 Å². The van der Waals surface area contributed by atoms with Crippen molar-refractivity contribution < 1.29 is 4.74 Å². The van der Waals surface area contributed by atoms with E-state index in [2.05, 4.69) is 20.4 Å². The summed E-state index contributed by atoms with van der Waals surface area (Å²) in [6.07, 6.45) is 3.33. The first kappa shape index (κ1) is 10.2. The molecule has 0 bridgehead atoms. The van der Waals surface area contributed by atoms with E-state index in [0.717, 1.165) is 0 Å². The third kappa shape index (κ3) is 2.19. The number of aryl methyl sites for hydroxylation is 1. The number of hydrogen-bond acceptors (Lipinski definition) is 6. The van der Waals surface area contributed by atoms with Crippen molar-refractivity contribution in [3.63, 3.8) is 0 Å². The largest absolute Gasteiger partial charge is 0.435 e. The molecule has 0 spiro atoms. The van der Waals surface area contributed by atoms with Crippen molar-refractivity contribution in [3.8, 4) is 11.6 Å². The summed E-state index contributed by atoms with van der Waals surface area (Å²) in [5, 5.41) is 6.85. The van der Waals surface area contributed by atoms with Gasteiger partial charge in [-0.25, -0.2) is 0 Å². The van der Waals surface area contributed by atoms with Gasteiger partial charge in [-0.05, 0) is 0 Å². The number of nitrogens with two attached hydrogens (primary N) is 1. The first-order valence-electron chi connectivity index (χ1n) is 4.66. The van der Waals surface area contributed by atoms with Crippen molar-refractivity contribution in [3.05, 3.63) is 18.5 Å². The van der Waals surface area contributed by atoms with E-state index < -0.39 is 0 Å². The molecule has 0 aliphatic rings. The summed E-state index contributed by atoms with van der Waals surface area (Å²) in [7, 11) is 3.55. The van der Waals surface area contributed by atoms with Gasteiger partial charge in [-0.2, -0.15) is 15.1 Å². The summed E-state index contributed by atoms with van der Waals surface area (Å²) in [4.78, 5) is 7.91. The highest BCUT2D eigenvalue weighted by Gasteiger charge is 2.04. The molecule has 16 heavy (non-hydrogen) atoms. The molecule has 0 saturated carbocycles. The summed E-state index contributed by atoms with van der Waals surface area (Å²) < 4.78 is 7.11. The van der Waals surface area contributed by atoms with Crippen LogP contribution in [0.5, 0.6) is 11.6 Å². The summed E-state index contributed by atoms with van der Waals surface area (Å²) >= 11 is 0. The first-order valence-corrected chi connectivity index (χ1v) is 4.66. The van der Waals surface area contributed by atoms with E-state index >= 15 is 0 Å². The maximum Gasteiger partial charge on any atom is 0.226 e. The number of hydrogen-bond donors (Lipinski definition) is 2. The Morgan fingerprint density at radius 3 is 2.88 bits per heavy atom. The molecule has 0 amide bonds. The van der Waals surface area contributed by atoms with Crippen molar-refractivity contribution in [2.45, 2.75) is 0 Å². The summed E-state index contributed by atoms with van der Waals surface area (Å²) in [6.45, 7) is 0. The molecule has 0 aromatic carbocycles. The number of aromatic nitrogens is 4. The Hall–Kier alpha value is -2.31. The van der Waals surface area contributed by atoms with Crippen molar-refractivity contribution in [1.29, 1.82) is 0 Å². The van der Waals surface area contributed by atoms with E-state index in [1.165, 1.54) is 0 Å². The summed E-state index contributed by atoms with van der Waals surface area (Å²) in [5.41, 5.74) is 5.53. The molecule has 0 aliphatic carbocycles. The molecular weight excluding hydrogens is 208 g/mol. The SMILES string of the molecule is CNc1cc(Oc2cnn(C)c2)nc(N)n1. The fraction of sp³-hybridized carbons (Fsp3) is 0.222. The summed E-state index contributed by atoms with van der Waals surface area (Å²) in [6, 6.07) is 1.66. The predicted molar refractivity (Wildman–Crippen MR) is 59.3 cm³/mol. The van der Waals surface area contributed by atoms with Crippen LogP contribution in [0.2, 0.25) is 0 Å². The topological polar surface area (TPSA) is 90.9 Å². The van der Waals surface area contributed by atoms with E-state index in [0.29, 0.717) is 17.4 Å². The number of nitrogens with one attached hydrogen (secondary N) is 1. The Morgan fingerprint density at radius 1 is 1.44 bits per heavy atom. The second kappa shape index (κ2) is 4.05. The molecule has 0 saturated heterocycles. The van der Waals surface area contributed by atoms with E-state index in [4.69, 9.17) is 10.5 Å². The Balaban J connectivity index is 2.24. The van der Waals surface area contributed by atoms with E-state index in [9.17, 15) is 0 Å². The molecule has 0 radical (unpaired) electrons. The van der Waals surface area contributed by atoms with Crippen LogP contribution < -0.4 is 15.8 Å². The van der Waals surface area contributed by atoms with Crippen LogP contribution in [-0.2, 0) is 7.05 Å². The molecule has 2 heterocycles. The monoisotopic (exact) mass is 220 g/mol. The number of nitrogen functional groups attached to an aromatic ring is 1. The molecule has 0 unspecified atom stereocenters. The highest BCUT2D eigenvalue weighted by atomic mass is 16.5. The Kier molecular flexibility index (Phi) is 2.59. The summed E-state index contributed by atoms with van der Waals surface area (Å²) in [5.74, 6) is 1.74. The van der Waals surface area contributed by atoms with Crippen LogP contribution in [-0.4, -0.2) is 26.8 Å². The lowest BCUT2D eigenvalue weighted by atomic mass is 10.5. The zero-order valence-electron chi connectivity index (χ0n) is 9.01. The highest BCUT2D eigenvalue weighted by molar-refractivity contribution is 5.43. The Morgan fingerprint density at radius 2 is 2.25 bits per heavy atom. The normalized spacial score (nSPS) is 10.1. The molecule has 2 aromatic heterocycles.